The summed E-state index contributed by atoms with van der Waals surface area (Å²) < 4.78 is 3.33. The number of nitrogens with one attached hydrogen (secondary N) is 3. The highest BCUT2D eigenvalue weighted by atomic mass is 16.2. The quantitative estimate of drug-likeness (QED) is 0.439. The van der Waals surface area contributed by atoms with Gasteiger partial charge in [0, 0.05) is 46.0 Å². The molecule has 4 rings (SSSR count). The van der Waals surface area contributed by atoms with Gasteiger partial charge in [0.2, 0.25) is 5.91 Å². The lowest BCUT2D eigenvalue weighted by atomic mass is 10.1. The molecule has 0 saturated heterocycles. The second kappa shape index (κ2) is 10.9. The topological polar surface area (TPSA) is 125 Å². The van der Waals surface area contributed by atoms with Crippen LogP contribution in [0.4, 0.5) is 11.4 Å². The van der Waals surface area contributed by atoms with E-state index in [-0.39, 0.29) is 29.8 Å². The molecule has 2 unspecified atom stereocenters. The minimum absolute atomic E-state index is 0.114. The number of rotatable bonds is 10. The smallest absolute Gasteiger partial charge is 0.272 e. The van der Waals surface area contributed by atoms with Gasteiger partial charge in [-0.1, -0.05) is 6.08 Å². The molecule has 2 aromatic rings. The summed E-state index contributed by atoms with van der Waals surface area (Å²) in [5, 5.41) is 17.0. The van der Waals surface area contributed by atoms with Crippen molar-refractivity contribution in [2.24, 2.45) is 24.3 Å². The summed E-state index contributed by atoms with van der Waals surface area (Å²) in [5.74, 6) is -0.655. The van der Waals surface area contributed by atoms with Gasteiger partial charge in [0.15, 0.2) is 0 Å². The number of anilines is 2. The number of azo groups is 1. The van der Waals surface area contributed by atoms with Gasteiger partial charge in [-0.15, -0.1) is 0 Å². The first-order valence-corrected chi connectivity index (χ1v) is 12.2. The molecule has 2 aromatic heterocycles. The molecule has 1 saturated carbocycles. The van der Waals surface area contributed by atoms with Crippen molar-refractivity contribution in [2.75, 3.05) is 37.8 Å². The predicted molar refractivity (Wildman–Crippen MR) is 137 cm³/mol. The van der Waals surface area contributed by atoms with E-state index in [2.05, 4.69) is 32.3 Å². The number of hydrogen-bond acceptors (Lipinski definition) is 6. The molecule has 1 fully saturated rings. The third-order valence-electron chi connectivity index (χ3n) is 6.44. The highest BCUT2D eigenvalue weighted by molar-refractivity contribution is 6.05. The number of amides is 3. The van der Waals surface area contributed by atoms with Crippen LogP contribution in [-0.4, -0.2) is 71.0 Å². The van der Waals surface area contributed by atoms with Gasteiger partial charge in [0.05, 0.1) is 23.5 Å². The summed E-state index contributed by atoms with van der Waals surface area (Å²) in [4.78, 5) is 39.7. The Labute approximate surface area is 210 Å². The Morgan fingerprint density at radius 1 is 0.972 bits per heavy atom. The third kappa shape index (κ3) is 5.91. The fraction of sp³-hybridized carbons (Fsp3) is 0.480. The van der Waals surface area contributed by atoms with E-state index in [1.807, 2.05) is 19.0 Å². The van der Waals surface area contributed by atoms with E-state index in [1.165, 1.54) is 5.57 Å². The molecule has 11 nitrogen and oxygen atoms in total. The summed E-state index contributed by atoms with van der Waals surface area (Å²) in [7, 11) is 7.37. The number of likely N-dealkylation sites (N-methyl/N-ethyl adjacent to an activating group) is 1. The van der Waals surface area contributed by atoms with Crippen LogP contribution in [-0.2, 0) is 18.9 Å². The van der Waals surface area contributed by atoms with Crippen LogP contribution in [0.2, 0.25) is 0 Å². The molecule has 2 atom stereocenters. The van der Waals surface area contributed by atoms with Crippen molar-refractivity contribution in [1.29, 1.82) is 0 Å². The number of carbonyl (C=O) groups excluding carboxylic acids is 3. The number of aryl methyl sites for hydroxylation is 2. The Hall–Kier alpha value is -3.73. The zero-order valence-electron chi connectivity index (χ0n) is 21.2. The Morgan fingerprint density at radius 3 is 2.14 bits per heavy atom. The highest BCUT2D eigenvalue weighted by Gasteiger charge is 2.34. The summed E-state index contributed by atoms with van der Waals surface area (Å²) in [6.45, 7) is 1.26. The average Bonchev–Trinajstić information content (AvgIpc) is 3.58. The van der Waals surface area contributed by atoms with Crippen molar-refractivity contribution < 1.29 is 14.4 Å². The molecule has 3 heterocycles. The van der Waals surface area contributed by atoms with Gasteiger partial charge in [-0.25, -0.2) is 0 Å². The molecule has 2 bridgehead atoms. The number of aromatic nitrogens is 2. The minimum atomic E-state index is -0.336. The van der Waals surface area contributed by atoms with Gasteiger partial charge in [-0.2, -0.15) is 10.2 Å². The van der Waals surface area contributed by atoms with Crippen LogP contribution in [0, 0.1) is 0 Å². The Morgan fingerprint density at radius 2 is 1.56 bits per heavy atom. The van der Waals surface area contributed by atoms with E-state index in [1.54, 1.807) is 47.8 Å². The molecule has 0 aromatic carbocycles. The van der Waals surface area contributed by atoms with Crippen molar-refractivity contribution in [3.63, 3.8) is 0 Å². The summed E-state index contributed by atoms with van der Waals surface area (Å²) >= 11 is 0. The van der Waals surface area contributed by atoms with Crippen LogP contribution in [0.25, 0.3) is 0 Å². The van der Waals surface area contributed by atoms with Gasteiger partial charge in [-0.3, -0.25) is 14.4 Å². The normalized spacial score (nSPS) is 18.1. The van der Waals surface area contributed by atoms with Gasteiger partial charge in [-0.05, 0) is 51.1 Å². The summed E-state index contributed by atoms with van der Waals surface area (Å²) in [5.41, 5.74) is 3.15. The molecule has 1 aliphatic heterocycles. The maximum absolute atomic E-state index is 12.9. The van der Waals surface area contributed by atoms with E-state index < -0.39 is 0 Å². The third-order valence-corrected chi connectivity index (χ3v) is 6.44. The van der Waals surface area contributed by atoms with Crippen molar-refractivity contribution in [3.05, 3.63) is 47.6 Å². The van der Waals surface area contributed by atoms with Gasteiger partial charge in [0.1, 0.15) is 11.4 Å². The van der Waals surface area contributed by atoms with Crippen molar-refractivity contribution in [1.82, 2.24) is 19.4 Å². The first kappa shape index (κ1) is 25.4. The monoisotopic (exact) mass is 494 g/mol. The number of nitrogens with zero attached hydrogens (tertiary/aromatic N) is 5. The average molecular weight is 495 g/mol. The summed E-state index contributed by atoms with van der Waals surface area (Å²) in [6.07, 6.45) is 8.58. The lowest BCUT2D eigenvalue weighted by Gasteiger charge is -2.10. The standard InChI is InChI=1S/C25H34N8O3/c1-31(2)11-10-26-24(35)21-13-17(15-32(21)3)28-25(36)22-12-16(14-33(22)4)27-23(34)7-5-6-18-19-8-9-20(18)30-29-19/h6,12-15,19-20H,5,7-11H2,1-4H3,(H,26,35)(H,27,34)(H,28,36). The molecule has 3 N–H and O–H groups in total. The molecule has 0 spiro atoms. The highest BCUT2D eigenvalue weighted by Crippen LogP contribution is 2.37. The fourth-order valence-electron chi connectivity index (χ4n) is 4.54. The number of allylic oxidation sites excluding steroid dienone is 1. The second-order valence-electron chi connectivity index (χ2n) is 9.59. The number of fused-ring (bicyclic) bond motifs is 2. The van der Waals surface area contributed by atoms with Crippen LogP contribution in [0.1, 0.15) is 46.7 Å². The first-order valence-electron chi connectivity index (χ1n) is 12.2. The largest absolute Gasteiger partial charge is 0.349 e. The maximum Gasteiger partial charge on any atom is 0.272 e. The van der Waals surface area contributed by atoms with Crippen LogP contribution in [0.5, 0.6) is 0 Å². The molecule has 3 amide bonds. The van der Waals surface area contributed by atoms with E-state index >= 15 is 0 Å². The molecular formula is C25H34N8O3. The van der Waals surface area contributed by atoms with E-state index in [9.17, 15) is 14.4 Å². The Balaban J connectivity index is 1.29. The zero-order valence-corrected chi connectivity index (χ0v) is 21.2. The molecule has 11 heteroatoms. The maximum atomic E-state index is 12.9. The molecule has 1 aliphatic carbocycles. The van der Waals surface area contributed by atoms with Crippen LogP contribution in [0.3, 0.4) is 0 Å². The fourth-order valence-corrected chi connectivity index (χ4v) is 4.54. The second-order valence-corrected chi connectivity index (χ2v) is 9.59. The van der Waals surface area contributed by atoms with Crippen LogP contribution in [0.15, 0.2) is 46.4 Å². The lowest BCUT2D eigenvalue weighted by Crippen LogP contribution is -2.32. The van der Waals surface area contributed by atoms with Crippen LogP contribution >= 0.6 is 0 Å². The molecule has 36 heavy (non-hydrogen) atoms. The van der Waals surface area contributed by atoms with Crippen molar-refractivity contribution in [2.45, 2.75) is 37.8 Å². The molecule has 192 valence electrons. The van der Waals surface area contributed by atoms with Crippen molar-refractivity contribution in [3.8, 4) is 0 Å². The predicted octanol–water partition coefficient (Wildman–Crippen LogP) is 2.55. The Kier molecular flexibility index (Phi) is 7.68. The van der Waals surface area contributed by atoms with Crippen molar-refractivity contribution >= 4 is 29.1 Å². The van der Waals surface area contributed by atoms with Gasteiger partial charge in [0.25, 0.3) is 11.8 Å². The van der Waals surface area contributed by atoms with E-state index in [0.717, 1.165) is 19.4 Å². The van der Waals surface area contributed by atoms with E-state index in [4.69, 9.17) is 0 Å². The molecule has 0 radical (unpaired) electrons. The summed E-state index contributed by atoms with van der Waals surface area (Å²) in [6, 6.07) is 3.70. The SMILES string of the molecule is CN(C)CCNC(=O)c1cc(NC(=O)c2cc(NC(=O)CCC=C3C4CCC3N=N4)cn2C)cn1C. The number of hydrogen-bond donors (Lipinski definition) is 3. The Bertz CT molecular complexity index is 1190. The molecular weight excluding hydrogens is 460 g/mol. The lowest BCUT2D eigenvalue weighted by molar-refractivity contribution is -0.116. The minimum Gasteiger partial charge on any atom is -0.349 e. The molecule has 2 aliphatic rings. The van der Waals surface area contributed by atoms with Crippen LogP contribution < -0.4 is 16.0 Å². The zero-order chi connectivity index (χ0) is 25.8. The van der Waals surface area contributed by atoms with E-state index in [0.29, 0.717) is 42.1 Å². The first-order chi connectivity index (χ1) is 17.2. The van der Waals surface area contributed by atoms with Gasteiger partial charge < -0.3 is 30.0 Å². The van der Waals surface area contributed by atoms with Gasteiger partial charge >= 0.3 is 0 Å². The number of carbonyl (C=O) groups is 3.